The van der Waals surface area contributed by atoms with Gasteiger partial charge in [-0.1, -0.05) is 0 Å². The number of aromatic amines is 1. The summed E-state index contributed by atoms with van der Waals surface area (Å²) in [5.41, 5.74) is 2.65. The van der Waals surface area contributed by atoms with E-state index in [1.807, 2.05) is 0 Å². The van der Waals surface area contributed by atoms with Gasteiger partial charge in [0.2, 0.25) is 12.6 Å². The van der Waals surface area contributed by atoms with Crippen LogP contribution in [0.1, 0.15) is 11.4 Å². The lowest BCUT2D eigenvalue weighted by Crippen LogP contribution is -2.51. The second kappa shape index (κ2) is 5.31. The number of quaternary nitrogens is 2. The van der Waals surface area contributed by atoms with Gasteiger partial charge in [-0.3, -0.25) is 14.1 Å². The summed E-state index contributed by atoms with van der Waals surface area (Å²) in [5, 5.41) is 8.24. The molecule has 0 aliphatic carbocycles. The van der Waals surface area contributed by atoms with Crippen LogP contribution >= 0.6 is 0 Å². The maximum Gasteiger partial charge on any atom is 0.206 e. The zero-order chi connectivity index (χ0) is 17.6. The molecule has 0 aromatic carbocycles. The van der Waals surface area contributed by atoms with Crippen molar-refractivity contribution in [2.75, 3.05) is 78.5 Å². The van der Waals surface area contributed by atoms with Gasteiger partial charge in [0.05, 0.1) is 58.1 Å². The second-order valence-corrected chi connectivity index (χ2v) is 9.87. The molecule has 0 bridgehead atoms. The van der Waals surface area contributed by atoms with Crippen molar-refractivity contribution in [3.63, 3.8) is 0 Å². The first-order chi connectivity index (χ1) is 13.2. The zero-order valence-electron chi connectivity index (χ0n) is 16.3. The Hall–Kier alpha value is -1.03. The van der Waals surface area contributed by atoms with E-state index in [4.69, 9.17) is 5.10 Å². The van der Waals surface area contributed by atoms with Crippen LogP contribution in [-0.4, -0.2) is 130 Å². The fraction of sp³-hybridized carbons (Fsp3) is 0.842. The molecular weight excluding hydrogens is 340 g/mol. The maximum absolute atomic E-state index is 4.80. The van der Waals surface area contributed by atoms with Gasteiger partial charge in [-0.25, -0.2) is 19.6 Å². The van der Waals surface area contributed by atoms with E-state index in [-0.39, 0.29) is 0 Å². The summed E-state index contributed by atoms with van der Waals surface area (Å²) >= 11 is 0. The lowest BCUT2D eigenvalue weighted by molar-refractivity contribution is -0.949. The van der Waals surface area contributed by atoms with Crippen LogP contribution < -0.4 is 0 Å². The van der Waals surface area contributed by atoms with E-state index in [9.17, 15) is 0 Å². The highest BCUT2D eigenvalue weighted by Gasteiger charge is 2.58. The summed E-state index contributed by atoms with van der Waals surface area (Å²) in [6, 6.07) is 2.40. The molecule has 0 spiro atoms. The Kier molecular flexibility index (Phi) is 3.12. The van der Waals surface area contributed by atoms with Crippen LogP contribution in [0.2, 0.25) is 0 Å². The number of rotatable bonds is 4. The Morgan fingerprint density at radius 1 is 0.741 bits per heavy atom. The first kappa shape index (κ1) is 15.8. The average molecular weight is 373 g/mol. The predicted molar refractivity (Wildman–Crippen MR) is 99.9 cm³/mol. The molecular formula is C19H32N8+2. The fourth-order valence-corrected chi connectivity index (χ4v) is 7.44. The van der Waals surface area contributed by atoms with Crippen molar-refractivity contribution < 1.29 is 8.97 Å². The minimum Gasteiger partial charge on any atom is -0.288 e. The largest absolute Gasteiger partial charge is 0.288 e. The molecule has 1 aromatic rings. The van der Waals surface area contributed by atoms with Crippen molar-refractivity contribution in [3.05, 3.63) is 17.5 Å². The molecule has 146 valence electrons. The summed E-state index contributed by atoms with van der Waals surface area (Å²) in [7, 11) is 0. The van der Waals surface area contributed by atoms with Gasteiger partial charge in [0, 0.05) is 26.2 Å². The second-order valence-electron chi connectivity index (χ2n) is 9.87. The quantitative estimate of drug-likeness (QED) is 0.680. The summed E-state index contributed by atoms with van der Waals surface area (Å²) in [5.74, 6) is 0. The Bertz CT molecular complexity index is 668. The van der Waals surface area contributed by atoms with Gasteiger partial charge >= 0.3 is 0 Å². The van der Waals surface area contributed by atoms with E-state index in [0.717, 1.165) is 13.1 Å². The third-order valence-corrected chi connectivity index (χ3v) is 8.61. The number of nitrogens with one attached hydrogen (secondary N) is 1. The van der Waals surface area contributed by atoms with Gasteiger partial charge < -0.3 is 0 Å². The zero-order valence-corrected chi connectivity index (χ0v) is 16.3. The van der Waals surface area contributed by atoms with E-state index < -0.39 is 0 Å². The van der Waals surface area contributed by atoms with Gasteiger partial charge in [-0.15, -0.1) is 0 Å². The van der Waals surface area contributed by atoms with Gasteiger partial charge in [0.1, 0.15) is 18.8 Å². The molecule has 8 nitrogen and oxygen atoms in total. The molecule has 6 aliphatic rings. The topological polar surface area (TPSA) is 41.6 Å². The van der Waals surface area contributed by atoms with E-state index >= 15 is 0 Å². The molecule has 6 fully saturated rings. The molecule has 7 heterocycles. The van der Waals surface area contributed by atoms with Crippen molar-refractivity contribution >= 4 is 0 Å². The van der Waals surface area contributed by atoms with E-state index in [2.05, 4.69) is 30.8 Å². The summed E-state index contributed by atoms with van der Waals surface area (Å²) in [4.78, 5) is 10.8. The predicted octanol–water partition coefficient (Wildman–Crippen LogP) is -1.10. The van der Waals surface area contributed by atoms with Crippen LogP contribution in [0.25, 0.3) is 0 Å². The normalized spacial score (nSPS) is 44.0. The molecule has 1 aromatic heterocycles. The van der Waals surface area contributed by atoms with Gasteiger partial charge in [-0.2, -0.15) is 5.10 Å². The third kappa shape index (κ3) is 2.06. The number of hydrogen-bond acceptors (Lipinski definition) is 5. The van der Waals surface area contributed by atoms with Crippen molar-refractivity contribution in [1.29, 1.82) is 0 Å². The van der Waals surface area contributed by atoms with Crippen molar-refractivity contribution in [3.8, 4) is 0 Å². The van der Waals surface area contributed by atoms with Gasteiger partial charge in [0.15, 0.2) is 0 Å². The van der Waals surface area contributed by atoms with Crippen LogP contribution in [0.4, 0.5) is 0 Å². The number of nitrogens with zero attached hydrogens (tertiary/aromatic N) is 7. The molecule has 0 atom stereocenters. The maximum atomic E-state index is 4.80. The molecule has 0 radical (unpaired) electrons. The number of aromatic nitrogens is 2. The summed E-state index contributed by atoms with van der Waals surface area (Å²) in [6.45, 7) is 17.6. The molecule has 7 rings (SSSR count). The van der Waals surface area contributed by atoms with E-state index in [1.54, 1.807) is 0 Å². The van der Waals surface area contributed by atoms with Crippen LogP contribution in [0, 0.1) is 0 Å². The fourth-order valence-electron chi connectivity index (χ4n) is 7.44. The smallest absolute Gasteiger partial charge is 0.206 e. The van der Waals surface area contributed by atoms with E-state index in [0.29, 0.717) is 12.6 Å². The monoisotopic (exact) mass is 372 g/mol. The summed E-state index contributed by atoms with van der Waals surface area (Å²) in [6.07, 6.45) is 1.29. The summed E-state index contributed by atoms with van der Waals surface area (Å²) < 4.78 is 2.47. The first-order valence-corrected chi connectivity index (χ1v) is 11.0. The SMILES string of the molecule is c1c(C[N+]23CCN4CCN(CC2)C43)n[nH]c1C[N+]12CCN3CCN(CC1)C32. The van der Waals surface area contributed by atoms with Gasteiger partial charge in [0.25, 0.3) is 0 Å². The van der Waals surface area contributed by atoms with Crippen molar-refractivity contribution in [1.82, 2.24) is 29.8 Å². The Labute approximate surface area is 161 Å². The molecule has 6 aliphatic heterocycles. The molecule has 0 saturated carbocycles. The molecule has 1 N–H and O–H groups in total. The molecule has 27 heavy (non-hydrogen) atoms. The van der Waals surface area contributed by atoms with Crippen LogP contribution in [-0.2, 0) is 13.1 Å². The highest BCUT2D eigenvalue weighted by atomic mass is 15.7. The minimum absolute atomic E-state index is 0.643. The molecule has 8 heteroatoms. The van der Waals surface area contributed by atoms with Gasteiger partial charge in [-0.05, 0) is 6.07 Å². The lowest BCUT2D eigenvalue weighted by Gasteiger charge is -2.34. The first-order valence-electron chi connectivity index (χ1n) is 11.0. The molecule has 0 unspecified atom stereocenters. The number of H-pyrrole nitrogens is 1. The Morgan fingerprint density at radius 2 is 1.22 bits per heavy atom. The standard InChI is InChI=1S/C19H32N8/c1-2-23-6-10-26(9-5-22(1)18(23)26)14-16-13-17(21-20-16)15-27-11-7-24-3-4-25(8-12-27)19(24)27/h13,18-19H,1-12,14-15H2,(H,20,21)/q+2. The van der Waals surface area contributed by atoms with Crippen LogP contribution in [0.3, 0.4) is 0 Å². The highest BCUT2D eigenvalue weighted by molar-refractivity contribution is 5.08. The molecule has 0 amide bonds. The number of hydrogen-bond donors (Lipinski definition) is 1. The Morgan fingerprint density at radius 3 is 1.74 bits per heavy atom. The third-order valence-electron chi connectivity index (χ3n) is 8.61. The average Bonchev–Trinajstić information content (AvgIpc) is 3.46. The lowest BCUT2D eigenvalue weighted by atomic mass is 10.2. The van der Waals surface area contributed by atoms with Crippen molar-refractivity contribution in [2.45, 2.75) is 25.7 Å². The highest BCUT2D eigenvalue weighted by Crippen LogP contribution is 2.39. The van der Waals surface area contributed by atoms with Crippen LogP contribution in [0.15, 0.2) is 6.07 Å². The minimum atomic E-state index is 0.643. The van der Waals surface area contributed by atoms with Crippen LogP contribution in [0.5, 0.6) is 0 Å². The van der Waals surface area contributed by atoms with Crippen molar-refractivity contribution in [2.24, 2.45) is 0 Å². The Balaban J connectivity index is 1.11. The molecule has 6 saturated heterocycles. The van der Waals surface area contributed by atoms with E-state index in [1.165, 1.54) is 98.9 Å².